The fourth-order valence-corrected chi connectivity index (χ4v) is 3.80. The summed E-state index contributed by atoms with van der Waals surface area (Å²) in [4.78, 5) is 22.5. The third-order valence-corrected chi connectivity index (χ3v) is 5.63. The fourth-order valence-electron chi connectivity index (χ4n) is 3.80. The molecule has 3 aromatic heterocycles. The van der Waals surface area contributed by atoms with Crippen LogP contribution in [0, 0.1) is 20.8 Å². The van der Waals surface area contributed by atoms with Gasteiger partial charge < -0.3 is 9.32 Å². The summed E-state index contributed by atoms with van der Waals surface area (Å²) < 4.78 is 6.03. The summed E-state index contributed by atoms with van der Waals surface area (Å²) in [5.74, 6) is 3.23. The van der Waals surface area contributed by atoms with E-state index in [4.69, 9.17) is 4.42 Å². The lowest BCUT2D eigenvalue weighted by Gasteiger charge is -2.35. The summed E-state index contributed by atoms with van der Waals surface area (Å²) in [6.45, 7) is 10.4. The first-order valence-corrected chi connectivity index (χ1v) is 10.1. The molecule has 1 fully saturated rings. The van der Waals surface area contributed by atoms with E-state index >= 15 is 0 Å². The van der Waals surface area contributed by atoms with E-state index in [1.807, 2.05) is 32.0 Å². The highest BCUT2D eigenvalue weighted by atomic mass is 16.3. The van der Waals surface area contributed by atoms with Crippen LogP contribution >= 0.6 is 0 Å². The van der Waals surface area contributed by atoms with E-state index in [1.54, 1.807) is 6.33 Å². The summed E-state index contributed by atoms with van der Waals surface area (Å²) in [5, 5.41) is 7.09. The van der Waals surface area contributed by atoms with Gasteiger partial charge in [0.15, 0.2) is 11.4 Å². The van der Waals surface area contributed by atoms with Gasteiger partial charge in [-0.25, -0.2) is 19.9 Å². The molecule has 4 aromatic rings. The second-order valence-electron chi connectivity index (χ2n) is 7.71. The molecule has 30 heavy (non-hydrogen) atoms. The van der Waals surface area contributed by atoms with Gasteiger partial charge in [0.1, 0.15) is 23.5 Å². The molecule has 9 heteroatoms. The molecule has 4 heterocycles. The minimum absolute atomic E-state index is 0.665. The fraction of sp³-hybridized carbons (Fsp3) is 0.381. The molecule has 5 rings (SSSR count). The van der Waals surface area contributed by atoms with Crippen molar-refractivity contribution in [1.82, 2.24) is 35.0 Å². The van der Waals surface area contributed by atoms with E-state index in [0.29, 0.717) is 12.4 Å². The van der Waals surface area contributed by atoms with Gasteiger partial charge in [-0.15, -0.1) is 0 Å². The molecule has 1 saturated heterocycles. The lowest BCUT2D eigenvalue weighted by molar-refractivity contribution is 0.228. The number of fused-ring (bicyclic) bond motifs is 1. The molecular formula is C21H24N8O. The zero-order valence-electron chi connectivity index (χ0n) is 17.4. The summed E-state index contributed by atoms with van der Waals surface area (Å²) in [6, 6.07) is 5.89. The average molecular weight is 404 g/mol. The highest BCUT2D eigenvalue weighted by Gasteiger charge is 2.21. The lowest BCUT2D eigenvalue weighted by Crippen LogP contribution is -2.46. The number of piperazine rings is 1. The Morgan fingerprint density at radius 2 is 1.87 bits per heavy atom. The van der Waals surface area contributed by atoms with E-state index in [2.05, 4.69) is 46.9 Å². The molecule has 0 spiro atoms. The van der Waals surface area contributed by atoms with Gasteiger partial charge in [-0.05, 0) is 39.0 Å². The zero-order chi connectivity index (χ0) is 20.7. The van der Waals surface area contributed by atoms with Crippen molar-refractivity contribution in [2.45, 2.75) is 27.3 Å². The maximum atomic E-state index is 6.03. The topological polar surface area (TPSA) is 99.9 Å². The van der Waals surface area contributed by atoms with Crippen LogP contribution in [-0.4, -0.2) is 61.2 Å². The summed E-state index contributed by atoms with van der Waals surface area (Å²) in [7, 11) is 0. The molecule has 9 nitrogen and oxygen atoms in total. The monoisotopic (exact) mass is 404 g/mol. The number of hydrogen-bond acceptors (Lipinski definition) is 8. The Hall–Kier alpha value is -3.33. The number of nitrogens with zero attached hydrogens (tertiary/aromatic N) is 7. The number of aromatic nitrogens is 6. The Balaban J connectivity index is 1.27. The Labute approximate surface area is 174 Å². The van der Waals surface area contributed by atoms with Crippen molar-refractivity contribution in [2.75, 3.05) is 31.1 Å². The molecule has 0 saturated carbocycles. The third kappa shape index (κ3) is 3.52. The molecule has 1 aromatic carbocycles. The molecule has 0 aliphatic carbocycles. The average Bonchev–Trinajstić information content (AvgIpc) is 3.35. The van der Waals surface area contributed by atoms with Gasteiger partial charge >= 0.3 is 0 Å². The van der Waals surface area contributed by atoms with E-state index in [1.165, 1.54) is 0 Å². The molecule has 1 aliphatic rings. The van der Waals surface area contributed by atoms with Crippen molar-refractivity contribution in [3.63, 3.8) is 0 Å². The number of nitrogens with one attached hydrogen (secondary N) is 1. The number of anilines is 1. The molecule has 0 atom stereocenters. The normalized spacial score (nSPS) is 15.2. The molecular weight excluding hydrogens is 380 g/mol. The number of oxazole rings is 1. The Kier molecular flexibility index (Phi) is 4.66. The SMILES string of the molecule is Cc1nc(-c2ccc3nc(CN4CCN(c5ncnc(C)c5C)CC4)oc3c2)n[nH]1. The van der Waals surface area contributed by atoms with Crippen LogP contribution in [-0.2, 0) is 6.54 Å². The quantitative estimate of drug-likeness (QED) is 0.554. The summed E-state index contributed by atoms with van der Waals surface area (Å²) >= 11 is 0. The molecule has 0 bridgehead atoms. The minimum Gasteiger partial charge on any atom is -0.439 e. The van der Waals surface area contributed by atoms with Gasteiger partial charge in [0, 0.05) is 43.0 Å². The number of benzene rings is 1. The van der Waals surface area contributed by atoms with Gasteiger partial charge in [0.05, 0.1) is 6.54 Å². The van der Waals surface area contributed by atoms with Crippen LogP contribution in [0.4, 0.5) is 5.82 Å². The molecule has 0 amide bonds. The zero-order valence-corrected chi connectivity index (χ0v) is 17.4. The second-order valence-corrected chi connectivity index (χ2v) is 7.71. The lowest BCUT2D eigenvalue weighted by atomic mass is 10.2. The van der Waals surface area contributed by atoms with E-state index in [0.717, 1.165) is 71.6 Å². The van der Waals surface area contributed by atoms with Crippen molar-refractivity contribution < 1.29 is 4.42 Å². The van der Waals surface area contributed by atoms with Crippen LogP contribution < -0.4 is 4.90 Å². The standard InChI is InChI=1S/C21H24N8O/c1-13-14(2)22-12-23-21(13)29-8-6-28(7-9-29)11-19-25-17-5-4-16(10-18(17)30-19)20-24-15(3)26-27-20/h4-5,10,12H,6-9,11H2,1-3H3,(H,24,26,27). The van der Waals surface area contributed by atoms with Crippen molar-refractivity contribution in [3.05, 3.63) is 47.5 Å². The Bertz CT molecular complexity index is 1190. The predicted molar refractivity (Wildman–Crippen MR) is 113 cm³/mol. The van der Waals surface area contributed by atoms with E-state index < -0.39 is 0 Å². The maximum absolute atomic E-state index is 6.03. The van der Waals surface area contributed by atoms with Crippen molar-refractivity contribution in [1.29, 1.82) is 0 Å². The predicted octanol–water partition coefficient (Wildman–Crippen LogP) is 2.65. The maximum Gasteiger partial charge on any atom is 0.209 e. The van der Waals surface area contributed by atoms with Crippen LogP contribution in [0.1, 0.15) is 23.0 Å². The Morgan fingerprint density at radius 3 is 2.63 bits per heavy atom. The van der Waals surface area contributed by atoms with Gasteiger partial charge in [-0.3, -0.25) is 10.00 Å². The Morgan fingerprint density at radius 1 is 1.03 bits per heavy atom. The largest absolute Gasteiger partial charge is 0.439 e. The van der Waals surface area contributed by atoms with Crippen LogP contribution in [0.2, 0.25) is 0 Å². The highest BCUT2D eigenvalue weighted by Crippen LogP contribution is 2.24. The van der Waals surface area contributed by atoms with E-state index in [-0.39, 0.29) is 0 Å². The molecule has 0 unspecified atom stereocenters. The third-order valence-electron chi connectivity index (χ3n) is 5.63. The number of hydrogen-bond donors (Lipinski definition) is 1. The van der Waals surface area contributed by atoms with Crippen molar-refractivity contribution >= 4 is 16.9 Å². The van der Waals surface area contributed by atoms with E-state index in [9.17, 15) is 0 Å². The van der Waals surface area contributed by atoms with Crippen LogP contribution in [0.3, 0.4) is 0 Å². The molecule has 0 radical (unpaired) electrons. The first-order valence-electron chi connectivity index (χ1n) is 10.1. The first-order chi connectivity index (χ1) is 14.6. The van der Waals surface area contributed by atoms with Gasteiger partial charge in [0.2, 0.25) is 5.89 Å². The molecule has 154 valence electrons. The smallest absolute Gasteiger partial charge is 0.209 e. The van der Waals surface area contributed by atoms with Gasteiger partial charge in [-0.2, -0.15) is 5.10 Å². The summed E-state index contributed by atoms with van der Waals surface area (Å²) in [5.41, 5.74) is 4.72. The van der Waals surface area contributed by atoms with Gasteiger partial charge in [0.25, 0.3) is 0 Å². The van der Waals surface area contributed by atoms with Gasteiger partial charge in [-0.1, -0.05) is 0 Å². The summed E-state index contributed by atoms with van der Waals surface area (Å²) in [6.07, 6.45) is 1.65. The van der Waals surface area contributed by atoms with Crippen LogP contribution in [0.15, 0.2) is 28.9 Å². The molecule has 1 aliphatic heterocycles. The highest BCUT2D eigenvalue weighted by molar-refractivity contribution is 5.78. The van der Waals surface area contributed by atoms with Crippen molar-refractivity contribution in [2.24, 2.45) is 0 Å². The number of aryl methyl sites for hydroxylation is 2. The first kappa shape index (κ1) is 18.7. The number of aromatic amines is 1. The van der Waals surface area contributed by atoms with Crippen molar-refractivity contribution in [3.8, 4) is 11.4 Å². The minimum atomic E-state index is 0.665. The molecule has 1 N–H and O–H groups in total. The van der Waals surface area contributed by atoms with Crippen LogP contribution in [0.25, 0.3) is 22.5 Å². The number of rotatable bonds is 4. The second kappa shape index (κ2) is 7.49. The van der Waals surface area contributed by atoms with Crippen LogP contribution in [0.5, 0.6) is 0 Å². The number of H-pyrrole nitrogens is 1.